The summed E-state index contributed by atoms with van der Waals surface area (Å²) >= 11 is 0. The predicted molar refractivity (Wildman–Crippen MR) is 198 cm³/mol. The van der Waals surface area contributed by atoms with Crippen molar-refractivity contribution in [2.45, 2.75) is 151 Å². The van der Waals surface area contributed by atoms with Gasteiger partial charge in [0, 0.05) is 18.5 Å². The Bertz CT molecular complexity index is 1390. The summed E-state index contributed by atoms with van der Waals surface area (Å²) in [7, 11) is 0. The van der Waals surface area contributed by atoms with E-state index in [1.54, 1.807) is 13.8 Å². The van der Waals surface area contributed by atoms with E-state index in [1.807, 2.05) is 4.90 Å². The molecule has 0 aromatic heterocycles. The topological polar surface area (TPSA) is 113 Å². The van der Waals surface area contributed by atoms with Crippen molar-refractivity contribution < 1.29 is 34.1 Å². The van der Waals surface area contributed by atoms with Crippen LogP contribution in [0.5, 0.6) is 0 Å². The Morgan fingerprint density at radius 1 is 0.863 bits per heavy atom. The minimum Gasteiger partial charge on any atom is -0.481 e. The number of aliphatic hydroxyl groups excluding tert-OH is 1. The van der Waals surface area contributed by atoms with E-state index in [0.717, 1.165) is 38.6 Å². The first-order chi connectivity index (χ1) is 23.7. The lowest BCUT2D eigenvalue weighted by Crippen LogP contribution is -2.66. The third-order valence-corrected chi connectivity index (χ3v) is 17.1. The molecule has 1 aliphatic heterocycles. The maximum atomic E-state index is 13.1. The number of carboxylic acids is 1. The molecule has 8 nitrogen and oxygen atoms in total. The molecular weight excluding hydrogens is 642 g/mol. The maximum Gasteiger partial charge on any atom is 0.320 e. The van der Waals surface area contributed by atoms with Gasteiger partial charge in [-0.3, -0.25) is 19.3 Å². The summed E-state index contributed by atoms with van der Waals surface area (Å²) < 4.78 is 12.1. The van der Waals surface area contributed by atoms with Gasteiger partial charge >= 0.3 is 17.9 Å². The van der Waals surface area contributed by atoms with Crippen molar-refractivity contribution in [1.82, 2.24) is 4.90 Å². The fourth-order valence-electron chi connectivity index (χ4n) is 14.1. The zero-order valence-corrected chi connectivity index (χ0v) is 33.2. The van der Waals surface area contributed by atoms with Gasteiger partial charge in [-0.1, -0.05) is 46.8 Å². The largest absolute Gasteiger partial charge is 0.481 e. The van der Waals surface area contributed by atoms with E-state index in [0.29, 0.717) is 42.7 Å². The third kappa shape index (κ3) is 6.42. The number of aliphatic carboxylic acids is 1. The molecule has 0 radical (unpaired) electrons. The highest BCUT2D eigenvalue weighted by Gasteiger charge is 2.71. The third-order valence-electron chi connectivity index (χ3n) is 17.1. The quantitative estimate of drug-likeness (QED) is 0.173. The van der Waals surface area contributed by atoms with Gasteiger partial charge in [0.2, 0.25) is 0 Å². The second-order valence-corrected chi connectivity index (χ2v) is 20.4. The van der Waals surface area contributed by atoms with Gasteiger partial charge in [0.1, 0.15) is 6.10 Å². The van der Waals surface area contributed by atoms with Crippen molar-refractivity contribution in [3.05, 3.63) is 12.2 Å². The van der Waals surface area contributed by atoms with Gasteiger partial charge in [-0.05, 0) is 149 Å². The standard InChI is InChI=1S/C43H69NO7/c1-27(2)29-12-18-43(21-23-50-35(47)26-44-22-15-28(45)25-44)20-19-41(8)30(36(29)43)10-11-32-40(7)16-14-33(51-34(46)24-38(3,4)37(48)49)39(5,6)31(40)13-17-42(32,41)9/h28-33,36,45H,1,10-26H2,2-9H3,(H,48,49)/t28?,29?,30-,31+,32-,33+,36-,40+,41-,42-,43-/m1/s1. The van der Waals surface area contributed by atoms with Crippen LogP contribution in [0, 0.1) is 62.1 Å². The number of hydrogen-bond acceptors (Lipinski definition) is 7. The lowest BCUT2D eigenvalue weighted by atomic mass is 9.32. The normalized spacial score (nSPS) is 43.3. The molecule has 51 heavy (non-hydrogen) atoms. The molecule has 8 heteroatoms. The molecule has 5 aliphatic carbocycles. The zero-order valence-electron chi connectivity index (χ0n) is 33.2. The summed E-state index contributed by atoms with van der Waals surface area (Å²) in [6.45, 7) is 24.5. The molecule has 0 aromatic carbocycles. The first-order valence-corrected chi connectivity index (χ1v) is 20.3. The molecular formula is C43H69NO7. The van der Waals surface area contributed by atoms with Gasteiger partial charge in [0.05, 0.1) is 31.1 Å². The van der Waals surface area contributed by atoms with Gasteiger partial charge in [0.25, 0.3) is 0 Å². The van der Waals surface area contributed by atoms with Gasteiger partial charge in [0.15, 0.2) is 0 Å². The summed E-state index contributed by atoms with van der Waals surface area (Å²) in [4.78, 5) is 39.6. The van der Waals surface area contributed by atoms with Crippen LogP contribution in [0.4, 0.5) is 0 Å². The Hall–Kier alpha value is -1.93. The Balaban J connectivity index is 1.18. The van der Waals surface area contributed by atoms with Gasteiger partial charge in [-0.15, -0.1) is 0 Å². The minimum atomic E-state index is -1.14. The smallest absolute Gasteiger partial charge is 0.320 e. The Morgan fingerprint density at radius 2 is 1.59 bits per heavy atom. The van der Waals surface area contributed by atoms with E-state index in [4.69, 9.17) is 9.47 Å². The Morgan fingerprint density at radius 3 is 2.24 bits per heavy atom. The number of allylic oxidation sites excluding steroid dienone is 1. The van der Waals surface area contributed by atoms with E-state index in [-0.39, 0.29) is 58.2 Å². The van der Waals surface area contributed by atoms with Crippen LogP contribution in [0.25, 0.3) is 0 Å². The second-order valence-electron chi connectivity index (χ2n) is 20.4. The highest BCUT2D eigenvalue weighted by atomic mass is 16.5. The number of carboxylic acid groups (broad SMARTS) is 1. The molecule has 0 bridgehead atoms. The SMILES string of the molecule is C=C(C)C1CC[C@]2(CCOC(=O)CN3CCC(O)C3)CC[C@]3(C)[C@H](CC[C@@H]4[C@@]5(C)CC[C@H](OC(=O)CC(C)(C)C(=O)O)C(C)(C)[C@@H]5CC[C@]43C)[C@@H]12. The van der Waals surface area contributed by atoms with E-state index in [9.17, 15) is 24.6 Å². The van der Waals surface area contributed by atoms with Crippen molar-refractivity contribution in [3.63, 3.8) is 0 Å². The highest BCUT2D eigenvalue weighted by Crippen LogP contribution is 2.78. The van der Waals surface area contributed by atoms with E-state index < -0.39 is 17.4 Å². The molecule has 0 amide bonds. The lowest BCUT2D eigenvalue weighted by molar-refractivity contribution is -0.251. The van der Waals surface area contributed by atoms with Crippen molar-refractivity contribution in [3.8, 4) is 0 Å². The van der Waals surface area contributed by atoms with Crippen molar-refractivity contribution >= 4 is 17.9 Å². The summed E-state index contributed by atoms with van der Waals surface area (Å²) in [5.41, 5.74) is 0.715. The number of hydrogen-bond donors (Lipinski definition) is 2. The molecule has 11 atom stereocenters. The molecule has 288 valence electrons. The summed E-state index contributed by atoms with van der Waals surface area (Å²) in [6.07, 6.45) is 12.4. The number of ether oxygens (including phenoxy) is 2. The number of fused-ring (bicyclic) bond motifs is 7. The molecule has 6 rings (SSSR count). The van der Waals surface area contributed by atoms with Gasteiger partial charge < -0.3 is 19.7 Å². The summed E-state index contributed by atoms with van der Waals surface area (Å²) in [5, 5.41) is 19.5. The number of esters is 2. The van der Waals surface area contributed by atoms with Crippen LogP contribution >= 0.6 is 0 Å². The number of β-amino-alcohol motifs (C(OH)–C–C–N with tert-alkyl or cyclic N) is 1. The van der Waals surface area contributed by atoms with Crippen LogP contribution in [0.3, 0.4) is 0 Å². The molecule has 6 aliphatic rings. The fourth-order valence-corrected chi connectivity index (χ4v) is 14.1. The number of carbonyl (C=O) groups excluding carboxylic acids is 2. The number of likely N-dealkylation sites (tertiary alicyclic amines) is 1. The lowest BCUT2D eigenvalue weighted by Gasteiger charge is -2.73. The Kier molecular flexibility index (Phi) is 10.2. The van der Waals surface area contributed by atoms with Crippen LogP contribution in [0.2, 0.25) is 0 Å². The van der Waals surface area contributed by atoms with Crippen LogP contribution in [0.1, 0.15) is 139 Å². The van der Waals surface area contributed by atoms with Crippen LogP contribution in [-0.2, 0) is 23.9 Å². The zero-order chi connectivity index (χ0) is 37.4. The first-order valence-electron chi connectivity index (χ1n) is 20.3. The molecule has 0 aromatic rings. The van der Waals surface area contributed by atoms with Crippen molar-refractivity contribution in [2.75, 3.05) is 26.2 Å². The number of aliphatic hydroxyl groups is 1. The molecule has 5 saturated carbocycles. The molecule has 1 saturated heterocycles. The van der Waals surface area contributed by atoms with Crippen LogP contribution in [0.15, 0.2) is 12.2 Å². The summed E-state index contributed by atoms with van der Waals surface area (Å²) in [6, 6.07) is 0. The fraction of sp³-hybridized carbons (Fsp3) is 0.884. The average molecular weight is 712 g/mol. The second kappa shape index (κ2) is 13.4. The molecule has 0 spiro atoms. The molecule has 2 N–H and O–H groups in total. The maximum absolute atomic E-state index is 13.1. The van der Waals surface area contributed by atoms with Gasteiger partial charge in [-0.25, -0.2) is 0 Å². The van der Waals surface area contributed by atoms with Crippen LogP contribution < -0.4 is 0 Å². The van der Waals surface area contributed by atoms with Crippen molar-refractivity contribution in [1.29, 1.82) is 0 Å². The first kappa shape index (κ1) is 38.8. The van der Waals surface area contributed by atoms with Crippen molar-refractivity contribution in [2.24, 2.45) is 62.1 Å². The minimum absolute atomic E-state index is 0.114. The number of carbonyl (C=O) groups is 3. The van der Waals surface area contributed by atoms with Crippen LogP contribution in [-0.4, -0.2) is 71.5 Å². The number of nitrogens with zero attached hydrogens (tertiary/aromatic N) is 1. The highest BCUT2D eigenvalue weighted by molar-refractivity contribution is 5.81. The molecule has 2 unspecified atom stereocenters. The van der Waals surface area contributed by atoms with E-state index in [1.165, 1.54) is 50.5 Å². The van der Waals surface area contributed by atoms with E-state index in [2.05, 4.69) is 48.1 Å². The summed E-state index contributed by atoms with van der Waals surface area (Å²) in [5.74, 6) is 1.17. The molecule has 6 fully saturated rings. The average Bonchev–Trinajstić information content (AvgIpc) is 3.62. The van der Waals surface area contributed by atoms with Gasteiger partial charge in [-0.2, -0.15) is 0 Å². The van der Waals surface area contributed by atoms with E-state index >= 15 is 0 Å². The number of rotatable bonds is 10. The molecule has 1 heterocycles. The Labute approximate surface area is 307 Å². The monoisotopic (exact) mass is 712 g/mol. The predicted octanol–water partition coefficient (Wildman–Crippen LogP) is 8.06.